The normalized spacial score (nSPS) is 20.7. The molecule has 1 N–H and O–H groups in total. The molecule has 1 rings (SSSR count). The van der Waals surface area contributed by atoms with Gasteiger partial charge in [0.2, 0.25) is 11.8 Å². The number of barbiturate groups is 1. The number of imide groups is 2. The maximum atomic E-state index is 12.3. The summed E-state index contributed by atoms with van der Waals surface area (Å²) in [6, 6.07) is -0.773. The Hall–Kier alpha value is -1.39. The van der Waals surface area contributed by atoms with Crippen LogP contribution in [0.1, 0.15) is 53.9 Å². The standard InChI is InChI=1S/C14H24N2O3/c1-9(2)7-6-8-10(3)16-12(18)14(4,5)11(17)15-13(16)19/h9-10H,6-8H2,1-5H3,(H,15,17,19). The van der Waals surface area contributed by atoms with Crippen molar-refractivity contribution in [2.45, 2.75) is 59.9 Å². The van der Waals surface area contributed by atoms with Gasteiger partial charge in [-0.15, -0.1) is 0 Å². The summed E-state index contributed by atoms with van der Waals surface area (Å²) in [5, 5.41) is 2.26. The van der Waals surface area contributed by atoms with Crippen LogP contribution < -0.4 is 5.32 Å². The van der Waals surface area contributed by atoms with E-state index in [4.69, 9.17) is 0 Å². The van der Waals surface area contributed by atoms with E-state index in [1.165, 1.54) is 4.90 Å². The van der Waals surface area contributed by atoms with Crippen LogP contribution in [0.15, 0.2) is 0 Å². The summed E-state index contributed by atoms with van der Waals surface area (Å²) in [5.41, 5.74) is -1.17. The van der Waals surface area contributed by atoms with Gasteiger partial charge in [-0.1, -0.05) is 26.7 Å². The van der Waals surface area contributed by atoms with Crippen LogP contribution in [0.2, 0.25) is 0 Å². The van der Waals surface area contributed by atoms with E-state index in [0.29, 0.717) is 5.92 Å². The number of rotatable bonds is 5. The van der Waals surface area contributed by atoms with Crippen molar-refractivity contribution in [3.05, 3.63) is 0 Å². The monoisotopic (exact) mass is 268 g/mol. The quantitative estimate of drug-likeness (QED) is 0.778. The summed E-state index contributed by atoms with van der Waals surface area (Å²) >= 11 is 0. The lowest BCUT2D eigenvalue weighted by molar-refractivity contribution is -0.150. The molecule has 5 heteroatoms. The molecule has 1 heterocycles. The Morgan fingerprint density at radius 2 is 1.68 bits per heavy atom. The summed E-state index contributed by atoms with van der Waals surface area (Å²) < 4.78 is 0. The van der Waals surface area contributed by atoms with E-state index in [1.54, 1.807) is 13.8 Å². The fourth-order valence-electron chi connectivity index (χ4n) is 2.16. The van der Waals surface area contributed by atoms with Gasteiger partial charge in [0.05, 0.1) is 0 Å². The third kappa shape index (κ3) is 3.33. The van der Waals surface area contributed by atoms with Crippen molar-refractivity contribution in [2.75, 3.05) is 0 Å². The Kier molecular flexibility index (Phi) is 4.71. The average molecular weight is 268 g/mol. The van der Waals surface area contributed by atoms with Crippen molar-refractivity contribution in [1.29, 1.82) is 0 Å². The lowest BCUT2D eigenvalue weighted by Crippen LogP contribution is -2.63. The zero-order chi connectivity index (χ0) is 14.8. The Balaban J connectivity index is 2.72. The third-order valence-corrected chi connectivity index (χ3v) is 3.60. The van der Waals surface area contributed by atoms with Crippen LogP contribution in [-0.4, -0.2) is 28.8 Å². The molecule has 1 unspecified atom stereocenters. The summed E-state index contributed by atoms with van der Waals surface area (Å²) in [6.07, 6.45) is 2.79. The van der Waals surface area contributed by atoms with E-state index >= 15 is 0 Å². The second-order valence-electron chi connectivity index (χ2n) is 6.23. The fraction of sp³-hybridized carbons (Fsp3) is 0.786. The molecular formula is C14H24N2O3. The summed E-state index contributed by atoms with van der Waals surface area (Å²) in [7, 11) is 0. The number of hydrogen-bond donors (Lipinski definition) is 1. The molecule has 19 heavy (non-hydrogen) atoms. The van der Waals surface area contributed by atoms with Crippen LogP contribution in [0, 0.1) is 11.3 Å². The van der Waals surface area contributed by atoms with E-state index in [2.05, 4.69) is 19.2 Å². The van der Waals surface area contributed by atoms with Gasteiger partial charge in [0.25, 0.3) is 0 Å². The van der Waals surface area contributed by atoms with Crippen molar-refractivity contribution in [2.24, 2.45) is 11.3 Å². The van der Waals surface area contributed by atoms with Crippen LogP contribution in [0.5, 0.6) is 0 Å². The van der Waals surface area contributed by atoms with Crippen LogP contribution >= 0.6 is 0 Å². The topological polar surface area (TPSA) is 66.5 Å². The molecule has 1 fully saturated rings. The molecule has 0 aliphatic carbocycles. The molecule has 0 saturated carbocycles. The minimum atomic E-state index is -1.17. The maximum absolute atomic E-state index is 12.3. The predicted octanol–water partition coefficient (Wildman–Crippen LogP) is 2.31. The molecule has 0 aromatic heterocycles. The summed E-state index contributed by atoms with van der Waals surface area (Å²) in [5.74, 6) is -0.317. The first-order valence-electron chi connectivity index (χ1n) is 6.87. The minimum absolute atomic E-state index is 0.182. The van der Waals surface area contributed by atoms with Gasteiger partial charge < -0.3 is 0 Å². The van der Waals surface area contributed by atoms with Crippen molar-refractivity contribution < 1.29 is 14.4 Å². The van der Waals surface area contributed by atoms with Gasteiger partial charge in [-0.2, -0.15) is 0 Å². The smallest absolute Gasteiger partial charge is 0.277 e. The molecule has 0 spiro atoms. The highest BCUT2D eigenvalue weighted by atomic mass is 16.2. The molecule has 108 valence electrons. The number of carbonyl (C=O) groups is 3. The van der Waals surface area contributed by atoms with Crippen LogP contribution in [0.3, 0.4) is 0 Å². The number of urea groups is 1. The first-order chi connectivity index (χ1) is 8.67. The van der Waals surface area contributed by atoms with Crippen molar-refractivity contribution in [3.8, 4) is 0 Å². The maximum Gasteiger partial charge on any atom is 0.331 e. The first-order valence-corrected chi connectivity index (χ1v) is 6.87. The highest BCUT2D eigenvalue weighted by Crippen LogP contribution is 2.26. The zero-order valence-electron chi connectivity index (χ0n) is 12.4. The summed E-state index contributed by atoms with van der Waals surface area (Å²) in [6.45, 7) is 9.23. The Morgan fingerprint density at radius 3 is 2.21 bits per heavy atom. The molecule has 0 aromatic rings. The Labute approximate surface area is 114 Å². The van der Waals surface area contributed by atoms with Gasteiger partial charge in [0.1, 0.15) is 5.41 Å². The zero-order valence-corrected chi connectivity index (χ0v) is 12.4. The Morgan fingerprint density at radius 1 is 1.11 bits per heavy atom. The van der Waals surface area contributed by atoms with Gasteiger partial charge in [0, 0.05) is 6.04 Å². The van der Waals surface area contributed by atoms with E-state index in [9.17, 15) is 14.4 Å². The van der Waals surface area contributed by atoms with Gasteiger partial charge in [-0.05, 0) is 33.1 Å². The highest BCUT2D eigenvalue weighted by molar-refractivity contribution is 6.18. The van der Waals surface area contributed by atoms with E-state index in [0.717, 1.165) is 19.3 Å². The molecule has 1 aliphatic rings. The molecular weight excluding hydrogens is 244 g/mol. The number of amides is 4. The number of hydrogen-bond acceptors (Lipinski definition) is 3. The van der Waals surface area contributed by atoms with Crippen molar-refractivity contribution in [1.82, 2.24) is 10.2 Å². The molecule has 1 aliphatic heterocycles. The number of carbonyl (C=O) groups excluding carboxylic acids is 3. The highest BCUT2D eigenvalue weighted by Gasteiger charge is 2.48. The van der Waals surface area contributed by atoms with Gasteiger partial charge in [-0.25, -0.2) is 4.79 Å². The van der Waals surface area contributed by atoms with E-state index < -0.39 is 23.3 Å². The first kappa shape index (κ1) is 15.7. The molecule has 1 saturated heterocycles. The molecule has 0 radical (unpaired) electrons. The second-order valence-corrected chi connectivity index (χ2v) is 6.23. The molecule has 1 atom stereocenters. The third-order valence-electron chi connectivity index (χ3n) is 3.60. The summed E-state index contributed by atoms with van der Waals surface area (Å²) in [4.78, 5) is 36.9. The predicted molar refractivity (Wildman–Crippen MR) is 72.3 cm³/mol. The fourth-order valence-corrected chi connectivity index (χ4v) is 2.16. The van der Waals surface area contributed by atoms with E-state index in [1.807, 2.05) is 6.92 Å². The SMILES string of the molecule is CC(C)CCCC(C)N1C(=O)NC(=O)C(C)(C)C1=O. The second kappa shape index (κ2) is 5.72. The minimum Gasteiger partial charge on any atom is -0.277 e. The molecule has 4 amide bonds. The largest absolute Gasteiger partial charge is 0.331 e. The van der Waals surface area contributed by atoms with Gasteiger partial charge >= 0.3 is 6.03 Å². The molecule has 0 aromatic carbocycles. The molecule has 5 nitrogen and oxygen atoms in total. The lowest BCUT2D eigenvalue weighted by atomic mass is 9.87. The lowest BCUT2D eigenvalue weighted by Gasteiger charge is -2.37. The van der Waals surface area contributed by atoms with Crippen LogP contribution in [0.25, 0.3) is 0 Å². The van der Waals surface area contributed by atoms with E-state index in [-0.39, 0.29) is 6.04 Å². The van der Waals surface area contributed by atoms with Crippen LogP contribution in [-0.2, 0) is 9.59 Å². The van der Waals surface area contributed by atoms with Crippen molar-refractivity contribution >= 4 is 17.8 Å². The average Bonchev–Trinajstić information content (AvgIpc) is 2.26. The van der Waals surface area contributed by atoms with Gasteiger partial charge in [0.15, 0.2) is 0 Å². The number of nitrogens with zero attached hydrogens (tertiary/aromatic N) is 1. The van der Waals surface area contributed by atoms with Gasteiger partial charge in [-0.3, -0.25) is 19.8 Å². The van der Waals surface area contributed by atoms with Crippen LogP contribution in [0.4, 0.5) is 4.79 Å². The molecule has 0 bridgehead atoms. The Bertz CT molecular complexity index is 388. The number of nitrogens with one attached hydrogen (secondary N) is 1. The van der Waals surface area contributed by atoms with Crippen molar-refractivity contribution in [3.63, 3.8) is 0 Å².